The van der Waals surface area contributed by atoms with Gasteiger partial charge in [-0.2, -0.15) is 5.10 Å². The molecule has 0 aromatic carbocycles. The number of nitrogen functional groups attached to an aromatic ring is 1. The van der Waals surface area contributed by atoms with E-state index in [4.69, 9.17) is 5.84 Å². The van der Waals surface area contributed by atoms with Gasteiger partial charge in [0.05, 0.1) is 11.6 Å². The number of hydrazine groups is 1. The number of fused-ring (bicyclic) bond motifs is 1. The van der Waals surface area contributed by atoms with E-state index < -0.39 is 0 Å². The standard InChI is InChI=1S/C6H8N6/c1-12-6-4(2-10-12)5(11-7)8-3-9-6/h2-3H,7H2,1H3,(H,8,9,11). The third kappa shape index (κ3) is 0.817. The Morgan fingerprint density at radius 1 is 1.50 bits per heavy atom. The van der Waals surface area contributed by atoms with Crippen LogP contribution in [0.5, 0.6) is 0 Å². The minimum absolute atomic E-state index is 0.591. The van der Waals surface area contributed by atoms with E-state index in [9.17, 15) is 0 Å². The lowest BCUT2D eigenvalue weighted by molar-refractivity contribution is 0.785. The molecule has 0 atom stereocenters. The van der Waals surface area contributed by atoms with Crippen molar-refractivity contribution in [3.05, 3.63) is 12.5 Å². The normalized spacial score (nSPS) is 10.5. The molecule has 0 fully saturated rings. The molecule has 6 nitrogen and oxygen atoms in total. The highest BCUT2D eigenvalue weighted by molar-refractivity contribution is 5.85. The molecule has 0 saturated carbocycles. The van der Waals surface area contributed by atoms with Crippen LogP contribution in [-0.4, -0.2) is 19.7 Å². The van der Waals surface area contributed by atoms with Crippen LogP contribution in [0.15, 0.2) is 12.5 Å². The second-order valence-corrected chi connectivity index (χ2v) is 2.37. The van der Waals surface area contributed by atoms with Gasteiger partial charge in [-0.15, -0.1) is 0 Å². The summed E-state index contributed by atoms with van der Waals surface area (Å²) < 4.78 is 1.66. The first-order valence-electron chi connectivity index (χ1n) is 3.42. The minimum atomic E-state index is 0.591. The molecule has 0 radical (unpaired) electrons. The molecule has 6 heteroatoms. The van der Waals surface area contributed by atoms with E-state index in [1.807, 2.05) is 7.05 Å². The Balaban J connectivity index is 2.81. The summed E-state index contributed by atoms with van der Waals surface area (Å²) in [6.45, 7) is 0. The van der Waals surface area contributed by atoms with Gasteiger partial charge in [0.15, 0.2) is 11.5 Å². The van der Waals surface area contributed by atoms with Crippen molar-refractivity contribution < 1.29 is 0 Å². The predicted octanol–water partition coefficient (Wildman–Crippen LogP) is -0.351. The number of anilines is 1. The van der Waals surface area contributed by atoms with E-state index in [1.165, 1.54) is 6.33 Å². The van der Waals surface area contributed by atoms with Crippen LogP contribution in [0.25, 0.3) is 11.0 Å². The van der Waals surface area contributed by atoms with E-state index in [0.717, 1.165) is 11.0 Å². The van der Waals surface area contributed by atoms with Crippen LogP contribution in [0.2, 0.25) is 0 Å². The second kappa shape index (κ2) is 2.42. The van der Waals surface area contributed by atoms with E-state index in [2.05, 4.69) is 20.5 Å². The summed E-state index contributed by atoms with van der Waals surface area (Å²) in [5.41, 5.74) is 3.24. The van der Waals surface area contributed by atoms with Crippen molar-refractivity contribution in [2.75, 3.05) is 5.43 Å². The van der Waals surface area contributed by atoms with Gasteiger partial charge in [0.2, 0.25) is 0 Å². The number of aryl methyl sites for hydroxylation is 1. The van der Waals surface area contributed by atoms with E-state index in [-0.39, 0.29) is 0 Å². The van der Waals surface area contributed by atoms with Gasteiger partial charge in [0, 0.05) is 7.05 Å². The molecule has 62 valence electrons. The van der Waals surface area contributed by atoms with Gasteiger partial charge in [-0.3, -0.25) is 4.68 Å². The Hall–Kier alpha value is -1.69. The maximum Gasteiger partial charge on any atom is 0.163 e. The number of nitrogens with two attached hydrogens (primary N) is 1. The summed E-state index contributed by atoms with van der Waals surface area (Å²) in [6, 6.07) is 0. The van der Waals surface area contributed by atoms with Gasteiger partial charge in [0.25, 0.3) is 0 Å². The van der Waals surface area contributed by atoms with Gasteiger partial charge in [-0.25, -0.2) is 15.8 Å². The summed E-state index contributed by atoms with van der Waals surface area (Å²) >= 11 is 0. The van der Waals surface area contributed by atoms with Crippen molar-refractivity contribution in [2.45, 2.75) is 0 Å². The molecule has 12 heavy (non-hydrogen) atoms. The number of hydrogen-bond donors (Lipinski definition) is 2. The number of nitrogens with one attached hydrogen (secondary N) is 1. The van der Waals surface area contributed by atoms with Crippen molar-refractivity contribution in [3.8, 4) is 0 Å². The fourth-order valence-corrected chi connectivity index (χ4v) is 1.08. The number of hydrogen-bond acceptors (Lipinski definition) is 5. The van der Waals surface area contributed by atoms with Crippen LogP contribution in [-0.2, 0) is 7.05 Å². The van der Waals surface area contributed by atoms with Crippen LogP contribution >= 0.6 is 0 Å². The molecule has 0 saturated heterocycles. The Morgan fingerprint density at radius 2 is 2.33 bits per heavy atom. The summed E-state index contributed by atoms with van der Waals surface area (Å²) in [4.78, 5) is 7.98. The zero-order chi connectivity index (χ0) is 8.55. The second-order valence-electron chi connectivity index (χ2n) is 2.37. The minimum Gasteiger partial charge on any atom is -0.308 e. The average Bonchev–Trinajstić information content (AvgIpc) is 2.48. The van der Waals surface area contributed by atoms with Gasteiger partial charge >= 0.3 is 0 Å². The summed E-state index contributed by atoms with van der Waals surface area (Å²) in [5, 5.41) is 4.84. The van der Waals surface area contributed by atoms with Crippen LogP contribution in [0, 0.1) is 0 Å². The van der Waals surface area contributed by atoms with E-state index >= 15 is 0 Å². The smallest absolute Gasteiger partial charge is 0.163 e. The Kier molecular flexibility index (Phi) is 1.41. The highest BCUT2D eigenvalue weighted by atomic mass is 15.3. The summed E-state index contributed by atoms with van der Waals surface area (Å²) in [5.74, 6) is 5.84. The van der Waals surface area contributed by atoms with Gasteiger partial charge in [0.1, 0.15) is 6.33 Å². The van der Waals surface area contributed by atoms with Crippen molar-refractivity contribution in [1.82, 2.24) is 19.7 Å². The third-order valence-electron chi connectivity index (χ3n) is 1.67. The lowest BCUT2D eigenvalue weighted by atomic mass is 10.4. The molecule has 2 heterocycles. The Morgan fingerprint density at radius 3 is 3.08 bits per heavy atom. The zero-order valence-electron chi connectivity index (χ0n) is 6.52. The first-order valence-corrected chi connectivity index (χ1v) is 3.42. The fourth-order valence-electron chi connectivity index (χ4n) is 1.08. The Labute approximate surface area is 68.4 Å². The number of nitrogens with zero attached hydrogens (tertiary/aromatic N) is 4. The molecule has 0 spiro atoms. The quantitative estimate of drug-likeness (QED) is 0.444. The molecule has 0 amide bonds. The monoisotopic (exact) mass is 164 g/mol. The molecule has 3 N–H and O–H groups in total. The predicted molar refractivity (Wildman–Crippen MR) is 44.1 cm³/mol. The third-order valence-corrected chi connectivity index (χ3v) is 1.67. The highest BCUT2D eigenvalue weighted by Gasteiger charge is 2.04. The molecule has 0 aliphatic rings. The molecule has 0 aliphatic heterocycles. The molecule has 0 bridgehead atoms. The Bertz CT molecular complexity index is 405. The first kappa shape index (κ1) is 6.99. The van der Waals surface area contributed by atoms with Crippen LogP contribution in [0.1, 0.15) is 0 Å². The molecular weight excluding hydrogens is 156 g/mol. The highest BCUT2D eigenvalue weighted by Crippen LogP contribution is 2.15. The van der Waals surface area contributed by atoms with Crippen molar-refractivity contribution >= 4 is 16.9 Å². The molecule has 2 aromatic heterocycles. The van der Waals surface area contributed by atoms with Crippen molar-refractivity contribution in [2.24, 2.45) is 12.9 Å². The molecule has 2 aromatic rings. The zero-order valence-corrected chi connectivity index (χ0v) is 6.52. The maximum absolute atomic E-state index is 5.25. The average molecular weight is 164 g/mol. The summed E-state index contributed by atoms with van der Waals surface area (Å²) in [7, 11) is 1.82. The SMILES string of the molecule is Cn1ncc2c(NN)ncnc21. The van der Waals surface area contributed by atoms with Crippen molar-refractivity contribution in [3.63, 3.8) is 0 Å². The van der Waals surface area contributed by atoms with Gasteiger partial charge < -0.3 is 5.43 Å². The largest absolute Gasteiger partial charge is 0.308 e. The van der Waals surface area contributed by atoms with Gasteiger partial charge in [-0.05, 0) is 0 Å². The van der Waals surface area contributed by atoms with Crippen LogP contribution < -0.4 is 11.3 Å². The lowest BCUT2D eigenvalue weighted by Crippen LogP contribution is -2.09. The maximum atomic E-state index is 5.25. The van der Waals surface area contributed by atoms with E-state index in [1.54, 1.807) is 10.9 Å². The van der Waals surface area contributed by atoms with Gasteiger partial charge in [-0.1, -0.05) is 0 Å². The number of rotatable bonds is 1. The molecule has 0 unspecified atom stereocenters. The molecule has 0 aliphatic carbocycles. The first-order chi connectivity index (χ1) is 5.83. The summed E-state index contributed by atoms with van der Waals surface area (Å²) in [6.07, 6.45) is 3.11. The van der Waals surface area contributed by atoms with Crippen LogP contribution in [0.4, 0.5) is 5.82 Å². The fraction of sp³-hybridized carbons (Fsp3) is 0.167. The molecular formula is C6H8N6. The van der Waals surface area contributed by atoms with Crippen molar-refractivity contribution in [1.29, 1.82) is 0 Å². The number of aromatic nitrogens is 4. The van der Waals surface area contributed by atoms with Crippen LogP contribution in [0.3, 0.4) is 0 Å². The van der Waals surface area contributed by atoms with E-state index in [0.29, 0.717) is 5.82 Å². The molecule has 2 rings (SSSR count). The lowest BCUT2D eigenvalue weighted by Gasteiger charge is -1.98. The topological polar surface area (TPSA) is 81.7 Å².